The van der Waals surface area contributed by atoms with Crippen LogP contribution in [0.5, 0.6) is 5.75 Å². The fourth-order valence-corrected chi connectivity index (χ4v) is 4.26. The number of ether oxygens (including phenoxy) is 1. The molecule has 0 unspecified atom stereocenters. The molecule has 2 aliphatic heterocycles. The standard InChI is InChI=1S/C20H24N2O5.C2H4O2/c1-2-13-5-19(25)27-17-6-15(3-4-16(13)17)26-9-18(24)22-8-14-7-21-10-20(14,11-22)12-23;1-2(3)4/h3-6,14,21,23H,2,7-12H2,1H3;1H3,(H,3,4)/t14-,20+;/m0./s1. The van der Waals surface area contributed by atoms with Crippen LogP contribution in [0.25, 0.3) is 11.0 Å². The lowest BCUT2D eigenvalue weighted by molar-refractivity contribution is -0.134. The molecule has 31 heavy (non-hydrogen) atoms. The zero-order chi connectivity index (χ0) is 22.6. The van der Waals surface area contributed by atoms with Gasteiger partial charge in [0, 0.05) is 56.0 Å². The molecule has 3 heterocycles. The topological polar surface area (TPSA) is 129 Å². The van der Waals surface area contributed by atoms with Crippen LogP contribution >= 0.6 is 0 Å². The zero-order valence-electron chi connectivity index (χ0n) is 17.7. The molecular weight excluding hydrogens is 404 g/mol. The SMILES string of the molecule is CC(=O)O.CCc1cc(=O)oc2cc(OCC(=O)N3C[C@@H]4CNC[C@]4(CO)C3)ccc12. The molecule has 9 heteroatoms. The number of carboxylic acid groups (broad SMARTS) is 1. The summed E-state index contributed by atoms with van der Waals surface area (Å²) in [5, 5.41) is 21.3. The summed E-state index contributed by atoms with van der Waals surface area (Å²) in [5.41, 5.74) is 0.776. The fraction of sp³-hybridized carbons (Fsp3) is 0.500. The van der Waals surface area contributed by atoms with Crippen molar-refractivity contribution in [3.8, 4) is 5.75 Å². The molecule has 1 aromatic carbocycles. The summed E-state index contributed by atoms with van der Waals surface area (Å²) in [4.78, 5) is 35.0. The number of benzene rings is 1. The van der Waals surface area contributed by atoms with Crippen LogP contribution in [0.4, 0.5) is 0 Å². The van der Waals surface area contributed by atoms with Crippen molar-refractivity contribution in [2.45, 2.75) is 20.3 Å². The maximum Gasteiger partial charge on any atom is 0.336 e. The summed E-state index contributed by atoms with van der Waals surface area (Å²) in [5.74, 6) is -0.153. The van der Waals surface area contributed by atoms with Crippen molar-refractivity contribution in [1.29, 1.82) is 0 Å². The van der Waals surface area contributed by atoms with Crippen molar-refractivity contribution in [2.75, 3.05) is 39.4 Å². The van der Waals surface area contributed by atoms with Crippen LogP contribution in [0.3, 0.4) is 0 Å². The minimum absolute atomic E-state index is 0.0785. The molecule has 0 bridgehead atoms. The number of rotatable bonds is 5. The van der Waals surface area contributed by atoms with Gasteiger partial charge in [0.2, 0.25) is 0 Å². The Morgan fingerprint density at radius 2 is 2.10 bits per heavy atom. The van der Waals surface area contributed by atoms with Crippen molar-refractivity contribution in [3.05, 3.63) is 40.2 Å². The molecule has 9 nitrogen and oxygen atoms in total. The van der Waals surface area contributed by atoms with E-state index in [4.69, 9.17) is 19.1 Å². The molecule has 2 fully saturated rings. The monoisotopic (exact) mass is 432 g/mol. The lowest BCUT2D eigenvalue weighted by Crippen LogP contribution is -2.39. The summed E-state index contributed by atoms with van der Waals surface area (Å²) < 4.78 is 10.9. The van der Waals surface area contributed by atoms with Crippen LogP contribution in [-0.2, 0) is 16.0 Å². The smallest absolute Gasteiger partial charge is 0.336 e. The number of aliphatic hydroxyl groups is 1. The maximum absolute atomic E-state index is 12.6. The van der Waals surface area contributed by atoms with Gasteiger partial charge < -0.3 is 29.6 Å². The molecular formula is C22H28N2O7. The fourth-order valence-electron chi connectivity index (χ4n) is 4.26. The number of likely N-dealkylation sites (tertiary alicyclic amines) is 1. The van der Waals surface area contributed by atoms with Crippen LogP contribution < -0.4 is 15.7 Å². The molecule has 0 radical (unpaired) electrons. The second-order valence-electron chi connectivity index (χ2n) is 8.03. The number of carbonyl (C=O) groups is 2. The van der Waals surface area contributed by atoms with Gasteiger partial charge in [0.15, 0.2) is 6.61 Å². The van der Waals surface area contributed by atoms with Crippen LogP contribution in [0, 0.1) is 11.3 Å². The lowest BCUT2D eigenvalue weighted by Gasteiger charge is -2.25. The number of nitrogens with one attached hydrogen (secondary N) is 1. The van der Waals surface area contributed by atoms with Crippen molar-refractivity contribution in [1.82, 2.24) is 10.2 Å². The van der Waals surface area contributed by atoms with E-state index in [-0.39, 0.29) is 36.1 Å². The van der Waals surface area contributed by atoms with Gasteiger partial charge in [0.25, 0.3) is 11.9 Å². The summed E-state index contributed by atoms with van der Waals surface area (Å²) in [7, 11) is 0. The molecule has 2 aliphatic rings. The molecule has 2 atom stereocenters. The Hall–Kier alpha value is -2.91. The van der Waals surface area contributed by atoms with E-state index >= 15 is 0 Å². The van der Waals surface area contributed by atoms with Gasteiger partial charge in [-0.25, -0.2) is 4.79 Å². The van der Waals surface area contributed by atoms with E-state index in [2.05, 4.69) is 5.32 Å². The Labute approximate surface area is 179 Å². The van der Waals surface area contributed by atoms with Crippen molar-refractivity contribution < 1.29 is 29.0 Å². The van der Waals surface area contributed by atoms with Gasteiger partial charge in [-0.15, -0.1) is 0 Å². The second kappa shape index (κ2) is 9.49. The highest BCUT2D eigenvalue weighted by Crippen LogP contribution is 2.38. The van der Waals surface area contributed by atoms with Gasteiger partial charge in [0.1, 0.15) is 11.3 Å². The first-order valence-electron chi connectivity index (χ1n) is 10.3. The number of fused-ring (bicyclic) bond motifs is 2. The Kier molecular flexibility index (Phi) is 6.97. The molecule has 3 N–H and O–H groups in total. The molecule has 2 aromatic rings. The minimum atomic E-state index is -0.833. The van der Waals surface area contributed by atoms with Crippen LogP contribution in [-0.4, -0.2) is 66.4 Å². The van der Waals surface area contributed by atoms with Crippen molar-refractivity contribution in [2.24, 2.45) is 11.3 Å². The minimum Gasteiger partial charge on any atom is -0.484 e. The number of hydrogen-bond donors (Lipinski definition) is 3. The highest BCUT2D eigenvalue weighted by molar-refractivity contribution is 5.82. The van der Waals surface area contributed by atoms with Crippen molar-refractivity contribution in [3.63, 3.8) is 0 Å². The number of carbonyl (C=O) groups excluding carboxylic acids is 1. The predicted molar refractivity (Wildman–Crippen MR) is 113 cm³/mol. The summed E-state index contributed by atoms with van der Waals surface area (Å²) in [6, 6.07) is 6.79. The number of amides is 1. The van der Waals surface area contributed by atoms with E-state index in [1.165, 1.54) is 6.07 Å². The van der Waals surface area contributed by atoms with Gasteiger partial charge in [-0.05, 0) is 30.0 Å². The van der Waals surface area contributed by atoms with E-state index in [9.17, 15) is 14.7 Å². The second-order valence-corrected chi connectivity index (χ2v) is 8.03. The van der Waals surface area contributed by atoms with E-state index in [0.29, 0.717) is 24.4 Å². The number of carboxylic acids is 1. The molecule has 2 saturated heterocycles. The molecule has 0 aliphatic carbocycles. The average Bonchev–Trinajstić information content (AvgIpc) is 3.28. The van der Waals surface area contributed by atoms with E-state index in [0.717, 1.165) is 37.4 Å². The first kappa shape index (κ1) is 22.8. The zero-order valence-corrected chi connectivity index (χ0v) is 17.7. The Bertz CT molecular complexity index is 1010. The predicted octanol–water partition coefficient (Wildman–Crippen LogP) is 0.865. The van der Waals surface area contributed by atoms with Crippen LogP contribution in [0.15, 0.2) is 33.5 Å². The number of hydrogen-bond acceptors (Lipinski definition) is 7. The van der Waals surface area contributed by atoms with Gasteiger partial charge in [-0.2, -0.15) is 0 Å². The normalized spacial score (nSPS) is 22.0. The third-order valence-corrected chi connectivity index (χ3v) is 5.89. The number of nitrogens with zero attached hydrogens (tertiary/aromatic N) is 1. The maximum atomic E-state index is 12.6. The molecule has 0 saturated carbocycles. The largest absolute Gasteiger partial charge is 0.484 e. The van der Waals surface area contributed by atoms with E-state index in [1.807, 2.05) is 13.0 Å². The summed E-state index contributed by atoms with van der Waals surface area (Å²) >= 11 is 0. The highest BCUT2D eigenvalue weighted by Gasteiger charge is 2.50. The lowest BCUT2D eigenvalue weighted by atomic mass is 9.82. The highest BCUT2D eigenvalue weighted by atomic mass is 16.5. The molecule has 1 aromatic heterocycles. The average molecular weight is 432 g/mol. The summed E-state index contributed by atoms with van der Waals surface area (Å²) in [6.45, 7) is 5.83. The van der Waals surface area contributed by atoms with E-state index < -0.39 is 5.97 Å². The molecule has 168 valence electrons. The quantitative estimate of drug-likeness (QED) is 0.594. The first-order chi connectivity index (χ1) is 14.8. The number of aryl methyl sites for hydroxylation is 1. The number of aliphatic carboxylic acids is 1. The summed E-state index contributed by atoms with van der Waals surface area (Å²) in [6.07, 6.45) is 0.735. The van der Waals surface area contributed by atoms with Gasteiger partial charge >= 0.3 is 5.63 Å². The van der Waals surface area contributed by atoms with Crippen molar-refractivity contribution >= 4 is 22.8 Å². The van der Waals surface area contributed by atoms with E-state index in [1.54, 1.807) is 17.0 Å². The van der Waals surface area contributed by atoms with Crippen LogP contribution in [0.1, 0.15) is 19.4 Å². The van der Waals surface area contributed by atoms with Crippen LogP contribution in [0.2, 0.25) is 0 Å². The third kappa shape index (κ3) is 5.05. The van der Waals surface area contributed by atoms with Gasteiger partial charge in [-0.1, -0.05) is 6.92 Å². The molecule has 4 rings (SSSR count). The Balaban J connectivity index is 0.000000628. The third-order valence-electron chi connectivity index (χ3n) is 5.89. The van der Waals surface area contributed by atoms with Gasteiger partial charge in [-0.3, -0.25) is 9.59 Å². The number of aliphatic hydroxyl groups excluding tert-OH is 1. The Morgan fingerprint density at radius 1 is 1.35 bits per heavy atom. The Morgan fingerprint density at radius 3 is 2.74 bits per heavy atom. The first-order valence-corrected chi connectivity index (χ1v) is 10.3. The van der Waals surface area contributed by atoms with Gasteiger partial charge in [0.05, 0.1) is 6.61 Å². The molecule has 0 spiro atoms. The molecule has 1 amide bonds.